The van der Waals surface area contributed by atoms with Gasteiger partial charge in [0.1, 0.15) is 48.1 Å². The molecule has 0 radical (unpaired) electrons. The first-order valence-electron chi connectivity index (χ1n) is 41.3. The fourth-order valence-corrected chi connectivity index (χ4v) is 15.9. The topological polar surface area (TPSA) is 507 Å². The molecule has 3 heterocycles. The fraction of sp³-hybridized carbons (Fsp3) is 0.711. The van der Waals surface area contributed by atoms with Crippen molar-refractivity contribution in [2.24, 2.45) is 52.9 Å². The second-order valence-electron chi connectivity index (χ2n) is 32.2. The summed E-state index contributed by atoms with van der Waals surface area (Å²) in [5.74, 6) is -13.9. The molecule has 31 nitrogen and oxygen atoms in total. The smallest absolute Gasteiger partial charge is 0.248 e. The number of aldehydes is 1. The molecule has 3 aliphatic heterocycles. The van der Waals surface area contributed by atoms with Crippen LogP contribution in [0.25, 0.3) is 0 Å². The Balaban J connectivity index is 1.54. The van der Waals surface area contributed by atoms with Crippen molar-refractivity contribution in [1.82, 2.24) is 41.7 Å². The number of phenolic OH excluding ortho intramolecular Hbond substituents is 1. The van der Waals surface area contributed by atoms with Crippen molar-refractivity contribution in [1.29, 1.82) is 0 Å². The first-order valence-corrected chi connectivity index (χ1v) is 42.7. The average Bonchev–Trinajstić information content (AvgIpc) is 1.69. The molecule has 5 rings (SSSR count). The second kappa shape index (κ2) is 51.1. The monoisotopic (exact) mass is 1640 g/mol. The van der Waals surface area contributed by atoms with E-state index in [2.05, 4.69) is 52.7 Å². The molecular formula is C83H132N10O21S. The Labute approximate surface area is 680 Å². The summed E-state index contributed by atoms with van der Waals surface area (Å²) in [7, 11) is 0. The molecule has 0 unspecified atom stereocenters. The van der Waals surface area contributed by atoms with Gasteiger partial charge in [-0.15, -0.1) is 0 Å². The molecule has 0 spiro atoms. The average molecular weight is 1640 g/mol. The zero-order valence-electron chi connectivity index (χ0n) is 68.2. The summed E-state index contributed by atoms with van der Waals surface area (Å²) < 4.78 is 5.88. The van der Waals surface area contributed by atoms with Gasteiger partial charge in [0.2, 0.25) is 47.3 Å². The van der Waals surface area contributed by atoms with Gasteiger partial charge in [-0.2, -0.15) is 11.8 Å². The van der Waals surface area contributed by atoms with Crippen LogP contribution in [0.15, 0.2) is 54.6 Å². The summed E-state index contributed by atoms with van der Waals surface area (Å²) in [4.78, 5) is 175. The largest absolute Gasteiger partial charge is 0.508 e. The van der Waals surface area contributed by atoms with Crippen molar-refractivity contribution in [3.63, 3.8) is 0 Å². The van der Waals surface area contributed by atoms with E-state index in [4.69, 9.17) is 16.2 Å². The zero-order valence-corrected chi connectivity index (χ0v) is 69.0. The third kappa shape index (κ3) is 32.1. The lowest BCUT2D eigenvalue weighted by atomic mass is 9.86. The van der Waals surface area contributed by atoms with Crippen LogP contribution in [0.2, 0.25) is 0 Å². The summed E-state index contributed by atoms with van der Waals surface area (Å²) in [6.07, 6.45) is -7.01. The van der Waals surface area contributed by atoms with Crippen molar-refractivity contribution in [3.8, 4) is 5.75 Å². The van der Waals surface area contributed by atoms with E-state index < -0.39 is 225 Å². The van der Waals surface area contributed by atoms with Gasteiger partial charge in [-0.05, 0) is 137 Å². The number of carbonyl (C=O) groups is 12. The lowest BCUT2D eigenvalue weighted by Gasteiger charge is -2.34. The van der Waals surface area contributed by atoms with Crippen molar-refractivity contribution in [2.45, 2.75) is 281 Å². The van der Waals surface area contributed by atoms with Crippen molar-refractivity contribution in [2.75, 3.05) is 51.3 Å². The first-order chi connectivity index (χ1) is 54.8. The number of carbonyl (C=O) groups excluding carboxylic acids is 12. The molecule has 32 heteroatoms. The third-order valence-electron chi connectivity index (χ3n) is 22.2. The minimum atomic E-state index is -2.32. The van der Waals surface area contributed by atoms with Crippen molar-refractivity contribution >= 4 is 82.7 Å². The molecule has 0 aliphatic carbocycles. The molecule has 3 fully saturated rings. The first kappa shape index (κ1) is 98.2. The Bertz CT molecular complexity index is 3400. The highest BCUT2D eigenvalue weighted by molar-refractivity contribution is 7.98. The number of ether oxygens (including phenoxy) is 1. The van der Waals surface area contributed by atoms with Gasteiger partial charge in [-0.1, -0.05) is 122 Å². The van der Waals surface area contributed by atoms with Crippen LogP contribution in [-0.2, 0) is 68.7 Å². The summed E-state index contributed by atoms with van der Waals surface area (Å²) in [6.45, 7) is 9.69. The lowest BCUT2D eigenvalue weighted by molar-refractivity contribution is -0.150. The molecular weight excluding hydrogens is 1510 g/mol. The second-order valence-corrected chi connectivity index (χ2v) is 33.2. The van der Waals surface area contributed by atoms with E-state index in [1.54, 1.807) is 30.3 Å². The molecule has 3 saturated heterocycles. The van der Waals surface area contributed by atoms with Crippen LogP contribution < -0.4 is 43.4 Å². The van der Waals surface area contributed by atoms with E-state index in [1.807, 2.05) is 20.1 Å². The number of aromatic hydroxyl groups is 1. The third-order valence-corrected chi connectivity index (χ3v) is 22.8. The number of ketones is 3. The number of Topliss-reactive ketones (excluding diaryl/α,β-unsaturated/α-hetero) is 3. The Kier molecular flexibility index (Phi) is 43.6. The minimum Gasteiger partial charge on any atom is -0.508 e. The Morgan fingerprint density at radius 2 is 1.33 bits per heavy atom. The minimum absolute atomic E-state index is 0.00402. The zero-order chi connectivity index (χ0) is 85.0. The van der Waals surface area contributed by atoms with Crippen molar-refractivity contribution < 1.29 is 103 Å². The maximum Gasteiger partial charge on any atom is 0.248 e. The Hall–Kier alpha value is -7.37. The predicted molar refractivity (Wildman–Crippen MR) is 431 cm³/mol. The molecule has 2 aromatic carbocycles. The highest BCUT2D eigenvalue weighted by Gasteiger charge is 2.50. The van der Waals surface area contributed by atoms with Crippen molar-refractivity contribution in [3.05, 3.63) is 65.7 Å². The number of phenols is 1. The van der Waals surface area contributed by atoms with Gasteiger partial charge < -0.3 is 104 Å². The number of aliphatic hydroxyl groups is 7. The number of benzene rings is 2. The maximum atomic E-state index is 15.5. The summed E-state index contributed by atoms with van der Waals surface area (Å²) in [6, 6.07) is 3.36. The molecule has 3 aliphatic rings. The van der Waals surface area contributed by atoms with E-state index in [-0.39, 0.29) is 81.9 Å². The van der Waals surface area contributed by atoms with Gasteiger partial charge in [-0.3, -0.25) is 52.7 Å². The standard InChI is InChI=1S/C83H132N10O21S/c1-8-50(4)41-51(5)20-14-11-9-10-12-17-23-59(97)43-57-45-69(103)81(114-38-34-85)91-80(111)72-66(100)30-36-92(72)83(113)71(90-78(109)61(74(105)73(104)54-25-27-58(96)28-26-54)47-68(102)64-46-60(98)48-93(64)82(112)70(52(6)95)89-77(57)108)65(99)29-35-86-79(110)62(24-18-19-33-84)87-76(107)56(42-53-21-15-13-16-22-53)44-67(101)63(40-49(2)3)88-75(106)55(31-37-94)32-39-115-7/h13,15-16,21-22,25-28,37,49-52,55-57,60-66,69-74,81,95-96,98-100,103-105H,8-12,14,17-20,23-24,29-36,38-48,84-85H2,1-7H3,(H,86,110)(H,87,107)(H,88,106)(H,89,108)(H,90,109)(H,91,111)/t50-,51+,52+,55-,56+,57-,60+,61-,62-,63-,64-,65+,66-,69+,70-,71-,72-,73-,74-,81+/m0/s1. The van der Waals surface area contributed by atoms with Crippen LogP contribution in [0.1, 0.15) is 206 Å². The van der Waals surface area contributed by atoms with Crippen LogP contribution in [0.5, 0.6) is 5.75 Å². The normalized spacial score (nSPS) is 24.1. The van der Waals surface area contributed by atoms with Crippen LogP contribution in [-0.4, -0.2) is 252 Å². The number of rotatable bonds is 46. The number of hydrogen-bond donors (Lipinski definition) is 16. The van der Waals surface area contributed by atoms with Gasteiger partial charge in [0, 0.05) is 82.5 Å². The van der Waals surface area contributed by atoms with E-state index >= 15 is 14.4 Å². The lowest BCUT2D eigenvalue weighted by Crippen LogP contribution is -2.61. The van der Waals surface area contributed by atoms with Gasteiger partial charge in [-0.25, -0.2) is 0 Å². The molecule has 2 aromatic rings. The number of nitrogens with two attached hydrogens (primary N) is 2. The van der Waals surface area contributed by atoms with Crippen LogP contribution in [0.3, 0.4) is 0 Å². The summed E-state index contributed by atoms with van der Waals surface area (Å²) in [5.41, 5.74) is 12.3. The molecule has 0 bridgehead atoms. The van der Waals surface area contributed by atoms with E-state index in [9.17, 15) is 84.0 Å². The SMILES string of the molecule is CC[C@H](C)C[C@H](C)CCCCCCCCC(=O)C[C@H]1C[C@@H](O)[C@@H](OCCN)NC(=O)[C@@H]2[C@@H](O)CCN2C(=O)[C@H]([C@H](O)CCNC(=O)[C@H](CCCCN)NC(=O)[C@@H](CC(=O)[C@H](CC(C)C)NC(=O)[C@@H](CC=O)CCSC)Cc2ccccc2)NC(=O)[C@H]([C@H](O)[C@@H](O)c2ccc(O)cc2)CC(=O)[C@@H]2C[C@@H](O)CN2C(=O)[C@H]([C@@H](C)O)NC1=O. The molecule has 20 atom stereocenters. The van der Waals surface area contributed by atoms with E-state index in [1.165, 1.54) is 30.3 Å². The van der Waals surface area contributed by atoms with Crippen LogP contribution in [0.4, 0.5) is 0 Å². The van der Waals surface area contributed by atoms with Crippen LogP contribution in [0, 0.1) is 41.4 Å². The number of amides is 8. The number of nitrogens with one attached hydrogen (secondary N) is 6. The number of nitrogens with zero attached hydrogens (tertiary/aromatic N) is 2. The Morgan fingerprint density at radius 3 is 1.97 bits per heavy atom. The molecule has 18 N–H and O–H groups in total. The Morgan fingerprint density at radius 1 is 0.687 bits per heavy atom. The molecule has 646 valence electrons. The highest BCUT2D eigenvalue weighted by Crippen LogP contribution is 2.32. The number of unbranched alkanes of at least 4 members (excludes halogenated alkanes) is 6. The molecule has 115 heavy (non-hydrogen) atoms. The molecule has 0 saturated carbocycles. The molecule has 8 amide bonds. The van der Waals surface area contributed by atoms with E-state index in [0.29, 0.717) is 61.5 Å². The molecule has 0 aromatic heterocycles. The maximum absolute atomic E-state index is 15.5. The number of thioether (sulfide) groups is 1. The predicted octanol–water partition coefficient (Wildman–Crippen LogP) is 2.37. The van der Waals surface area contributed by atoms with Gasteiger partial charge >= 0.3 is 0 Å². The van der Waals surface area contributed by atoms with Gasteiger partial charge in [0.25, 0.3) is 0 Å². The highest BCUT2D eigenvalue weighted by atomic mass is 32.2. The number of hydrogen-bond acceptors (Lipinski definition) is 24. The van der Waals surface area contributed by atoms with E-state index in [0.717, 1.165) is 67.4 Å². The number of fused-ring (bicyclic) bond motifs is 2. The quantitative estimate of drug-likeness (QED) is 0.0334. The van der Waals surface area contributed by atoms with Crippen LogP contribution >= 0.6 is 11.8 Å². The summed E-state index contributed by atoms with van der Waals surface area (Å²) in [5, 5.41) is 109. The summed E-state index contributed by atoms with van der Waals surface area (Å²) >= 11 is 1.50. The fourth-order valence-electron chi connectivity index (χ4n) is 15.3. The number of aliphatic hydroxyl groups excluding tert-OH is 7. The van der Waals surface area contributed by atoms with Gasteiger partial charge in [0.15, 0.2) is 17.8 Å². The van der Waals surface area contributed by atoms with Gasteiger partial charge in [0.05, 0.1) is 61.2 Å².